The van der Waals surface area contributed by atoms with Crippen LogP contribution < -0.4 is 9.64 Å². The standard InChI is InChI=1S/C27H32FN3O5/c1-18(2)36-23-9-4-6-20(14-23)17-29-13-11-27(16-19(29)3)25(34)30(12-10-24(32)33)26(35)31(27)22-8-5-7-21(28)15-22/h4-9,14-15,18-19H,10-13,16-17H2,1-3H3,(H,32,33)/t19-,27+/m0/s1. The van der Waals surface area contributed by atoms with Crippen molar-refractivity contribution in [2.24, 2.45) is 0 Å². The van der Waals surface area contributed by atoms with E-state index in [1.807, 2.05) is 45.0 Å². The van der Waals surface area contributed by atoms with Crippen molar-refractivity contribution in [1.29, 1.82) is 0 Å². The maximum Gasteiger partial charge on any atom is 0.332 e. The lowest BCUT2D eigenvalue weighted by molar-refractivity contribution is -0.138. The number of hydrogen-bond acceptors (Lipinski definition) is 5. The van der Waals surface area contributed by atoms with Crippen LogP contribution in [0, 0.1) is 5.82 Å². The van der Waals surface area contributed by atoms with Crippen LogP contribution >= 0.6 is 0 Å². The molecule has 2 fully saturated rings. The van der Waals surface area contributed by atoms with Gasteiger partial charge in [-0.3, -0.25) is 24.3 Å². The number of ether oxygens (including phenoxy) is 1. The fourth-order valence-corrected chi connectivity index (χ4v) is 5.24. The molecule has 2 aromatic rings. The van der Waals surface area contributed by atoms with Crippen molar-refractivity contribution in [3.05, 3.63) is 59.9 Å². The zero-order valence-electron chi connectivity index (χ0n) is 20.8. The minimum absolute atomic E-state index is 0.0674. The van der Waals surface area contributed by atoms with Gasteiger partial charge in [0.25, 0.3) is 5.91 Å². The van der Waals surface area contributed by atoms with Crippen LogP contribution in [0.5, 0.6) is 5.75 Å². The molecule has 2 aliphatic heterocycles. The molecule has 1 N–H and O–H groups in total. The first-order chi connectivity index (χ1) is 17.1. The molecule has 36 heavy (non-hydrogen) atoms. The van der Waals surface area contributed by atoms with Crippen LogP contribution in [0.2, 0.25) is 0 Å². The van der Waals surface area contributed by atoms with Gasteiger partial charge in [0.2, 0.25) is 0 Å². The van der Waals surface area contributed by atoms with Gasteiger partial charge in [-0.1, -0.05) is 18.2 Å². The Labute approximate surface area is 210 Å². The number of carboxylic acids is 1. The molecule has 1 spiro atoms. The van der Waals surface area contributed by atoms with E-state index in [-0.39, 0.29) is 25.1 Å². The minimum Gasteiger partial charge on any atom is -0.491 e. The Morgan fingerprint density at radius 2 is 1.94 bits per heavy atom. The maximum atomic E-state index is 14.1. The molecule has 8 nitrogen and oxygen atoms in total. The van der Waals surface area contributed by atoms with Crippen molar-refractivity contribution in [1.82, 2.24) is 9.80 Å². The Morgan fingerprint density at radius 3 is 2.61 bits per heavy atom. The van der Waals surface area contributed by atoms with Gasteiger partial charge in [-0.15, -0.1) is 0 Å². The van der Waals surface area contributed by atoms with E-state index in [9.17, 15) is 18.8 Å². The number of likely N-dealkylation sites (tertiary alicyclic amines) is 1. The first-order valence-corrected chi connectivity index (χ1v) is 12.2. The van der Waals surface area contributed by atoms with Crippen LogP contribution in [0.3, 0.4) is 0 Å². The van der Waals surface area contributed by atoms with Crippen molar-refractivity contribution < 1.29 is 28.6 Å². The predicted octanol–water partition coefficient (Wildman–Crippen LogP) is 4.28. The van der Waals surface area contributed by atoms with Crippen molar-refractivity contribution >= 4 is 23.6 Å². The number of imide groups is 1. The van der Waals surface area contributed by atoms with Gasteiger partial charge in [0.15, 0.2) is 0 Å². The van der Waals surface area contributed by atoms with Crippen LogP contribution in [-0.2, 0) is 16.1 Å². The number of nitrogens with zero attached hydrogens (tertiary/aromatic N) is 3. The number of carboxylic acid groups (broad SMARTS) is 1. The van der Waals surface area contributed by atoms with E-state index in [1.165, 1.54) is 23.1 Å². The predicted molar refractivity (Wildman–Crippen MR) is 132 cm³/mol. The zero-order valence-corrected chi connectivity index (χ0v) is 20.8. The summed E-state index contributed by atoms with van der Waals surface area (Å²) in [4.78, 5) is 42.9. The number of carbonyl (C=O) groups is 3. The average molecular weight is 498 g/mol. The summed E-state index contributed by atoms with van der Waals surface area (Å²) in [5, 5.41) is 9.12. The van der Waals surface area contributed by atoms with Gasteiger partial charge >= 0.3 is 12.0 Å². The summed E-state index contributed by atoms with van der Waals surface area (Å²) in [5.41, 5.74) is 0.183. The summed E-state index contributed by atoms with van der Waals surface area (Å²) in [6.07, 6.45) is 0.420. The quantitative estimate of drug-likeness (QED) is 0.548. The monoisotopic (exact) mass is 497 g/mol. The average Bonchev–Trinajstić information content (AvgIpc) is 2.99. The number of anilines is 1. The van der Waals surface area contributed by atoms with Crippen molar-refractivity contribution in [3.63, 3.8) is 0 Å². The van der Waals surface area contributed by atoms with E-state index in [2.05, 4.69) is 4.90 Å². The Bertz CT molecular complexity index is 1160. The molecule has 2 aliphatic rings. The molecule has 4 rings (SSSR count). The molecule has 0 aromatic heterocycles. The Hall–Kier alpha value is -3.46. The largest absolute Gasteiger partial charge is 0.491 e. The number of urea groups is 1. The molecular weight excluding hydrogens is 465 g/mol. The first kappa shape index (κ1) is 25.6. The normalized spacial score (nSPS) is 22.6. The van der Waals surface area contributed by atoms with Crippen molar-refractivity contribution in [2.75, 3.05) is 18.0 Å². The Kier molecular flexibility index (Phi) is 7.31. The van der Waals surface area contributed by atoms with Gasteiger partial charge in [0, 0.05) is 31.4 Å². The fourth-order valence-electron chi connectivity index (χ4n) is 5.24. The van der Waals surface area contributed by atoms with Gasteiger partial charge in [0.1, 0.15) is 17.1 Å². The molecule has 0 aliphatic carbocycles. The summed E-state index contributed by atoms with van der Waals surface area (Å²) in [6.45, 7) is 6.93. The van der Waals surface area contributed by atoms with Gasteiger partial charge < -0.3 is 9.84 Å². The molecule has 0 radical (unpaired) electrons. The fraction of sp³-hybridized carbons (Fsp3) is 0.444. The minimum atomic E-state index is -1.19. The van der Waals surface area contributed by atoms with Gasteiger partial charge in [0.05, 0.1) is 12.5 Å². The van der Waals surface area contributed by atoms with Crippen LogP contribution in [0.4, 0.5) is 14.9 Å². The van der Waals surface area contributed by atoms with Crippen molar-refractivity contribution in [2.45, 2.75) is 64.3 Å². The number of hydrogen-bond donors (Lipinski definition) is 1. The number of benzene rings is 2. The lowest BCUT2D eigenvalue weighted by atomic mass is 9.81. The van der Waals surface area contributed by atoms with E-state index in [1.54, 1.807) is 6.07 Å². The highest BCUT2D eigenvalue weighted by Gasteiger charge is 2.59. The third-order valence-electron chi connectivity index (χ3n) is 6.83. The number of carbonyl (C=O) groups excluding carboxylic acids is 2. The van der Waals surface area contributed by atoms with Crippen LogP contribution in [0.1, 0.15) is 45.6 Å². The molecule has 2 atom stereocenters. The third kappa shape index (κ3) is 5.06. The van der Waals surface area contributed by atoms with E-state index in [0.717, 1.165) is 16.2 Å². The molecule has 2 saturated heterocycles. The summed E-state index contributed by atoms with van der Waals surface area (Å²) in [5.74, 6) is -1.23. The lowest BCUT2D eigenvalue weighted by Gasteiger charge is -2.45. The summed E-state index contributed by atoms with van der Waals surface area (Å²) in [7, 11) is 0. The maximum absolute atomic E-state index is 14.1. The van der Waals surface area contributed by atoms with E-state index >= 15 is 0 Å². The number of rotatable bonds is 8. The van der Waals surface area contributed by atoms with Gasteiger partial charge in [-0.25, -0.2) is 9.18 Å². The number of piperidine rings is 1. The third-order valence-corrected chi connectivity index (χ3v) is 6.83. The number of halogens is 1. The highest BCUT2D eigenvalue weighted by atomic mass is 19.1. The molecule has 2 aromatic carbocycles. The molecule has 0 bridgehead atoms. The smallest absolute Gasteiger partial charge is 0.332 e. The second-order valence-corrected chi connectivity index (χ2v) is 9.82. The van der Waals surface area contributed by atoms with Gasteiger partial charge in [-0.2, -0.15) is 0 Å². The number of amides is 3. The lowest BCUT2D eigenvalue weighted by Crippen LogP contribution is -2.59. The van der Waals surface area contributed by atoms with Crippen LogP contribution in [-0.4, -0.2) is 63.6 Å². The molecule has 0 saturated carbocycles. The summed E-state index contributed by atoms with van der Waals surface area (Å²) >= 11 is 0. The molecule has 2 heterocycles. The zero-order chi connectivity index (χ0) is 26.0. The SMILES string of the molecule is CC(C)Oc1cccc(CN2CC[C@@]3(C[C@@H]2C)C(=O)N(CCC(=O)O)C(=O)N3c2cccc(F)c2)c1. The molecule has 192 valence electrons. The molecular formula is C27H32FN3O5. The van der Waals surface area contributed by atoms with E-state index < -0.39 is 29.3 Å². The topological polar surface area (TPSA) is 90.4 Å². The van der Waals surface area contributed by atoms with Crippen molar-refractivity contribution in [3.8, 4) is 5.75 Å². The van der Waals surface area contributed by atoms with E-state index in [4.69, 9.17) is 9.84 Å². The highest BCUT2D eigenvalue weighted by Crippen LogP contribution is 2.43. The van der Waals surface area contributed by atoms with Crippen LogP contribution in [0.15, 0.2) is 48.5 Å². The second kappa shape index (κ2) is 10.3. The molecule has 0 unspecified atom stereocenters. The first-order valence-electron chi connectivity index (χ1n) is 12.2. The number of aliphatic carboxylic acids is 1. The molecule has 3 amide bonds. The highest BCUT2D eigenvalue weighted by molar-refractivity contribution is 6.17. The van der Waals surface area contributed by atoms with Gasteiger partial charge in [-0.05, 0) is 69.5 Å². The van der Waals surface area contributed by atoms with E-state index in [0.29, 0.717) is 31.6 Å². The summed E-state index contributed by atoms with van der Waals surface area (Å²) in [6, 6.07) is 12.9. The summed E-state index contributed by atoms with van der Waals surface area (Å²) < 4.78 is 19.9. The Balaban J connectivity index is 1.59. The second-order valence-electron chi connectivity index (χ2n) is 9.82. The Morgan fingerprint density at radius 1 is 1.19 bits per heavy atom. The van der Waals surface area contributed by atoms with Crippen LogP contribution in [0.25, 0.3) is 0 Å². The molecule has 9 heteroatoms.